The summed E-state index contributed by atoms with van der Waals surface area (Å²) < 4.78 is 4.13. The first-order chi connectivity index (χ1) is 13.0. The molecule has 28 heavy (non-hydrogen) atoms. The molecule has 9 nitrogen and oxygen atoms in total. The monoisotopic (exact) mass is 408 g/mol. The van der Waals surface area contributed by atoms with Crippen molar-refractivity contribution in [1.82, 2.24) is 10.2 Å². The Hall–Kier alpha value is -2.75. The summed E-state index contributed by atoms with van der Waals surface area (Å²) in [6, 6.07) is 2.77. The minimum Gasteiger partial charge on any atom is -0.504 e. The van der Waals surface area contributed by atoms with Crippen LogP contribution in [0.3, 0.4) is 0 Å². The Morgan fingerprint density at radius 1 is 1.29 bits per heavy atom. The number of methoxy groups -OCH3 is 1. The van der Waals surface area contributed by atoms with Gasteiger partial charge in [-0.2, -0.15) is 0 Å². The number of nitrogens with zero attached hydrogens (tertiary/aromatic N) is 1. The summed E-state index contributed by atoms with van der Waals surface area (Å²) in [5.41, 5.74) is -1.76. The summed E-state index contributed by atoms with van der Waals surface area (Å²) in [5, 5.41) is 20.9. The van der Waals surface area contributed by atoms with Gasteiger partial charge in [-0.25, -0.2) is 4.79 Å². The van der Waals surface area contributed by atoms with E-state index in [0.29, 0.717) is 0 Å². The molecule has 0 radical (unpaired) electrons. The molecule has 0 spiro atoms. The van der Waals surface area contributed by atoms with Crippen LogP contribution in [0, 0.1) is 0 Å². The predicted octanol–water partition coefficient (Wildman–Crippen LogP) is 0.605. The van der Waals surface area contributed by atoms with Gasteiger partial charge in [-0.05, 0) is 39.0 Å². The van der Waals surface area contributed by atoms with Crippen LogP contribution in [0.15, 0.2) is 18.2 Å². The highest BCUT2D eigenvalue weighted by atomic mass is 32.2. The molecular weight excluding hydrogens is 388 g/mol. The Morgan fingerprint density at radius 2 is 1.93 bits per heavy atom. The van der Waals surface area contributed by atoms with Crippen molar-refractivity contribution < 1.29 is 34.1 Å². The molecule has 3 N–H and O–H groups in total. The number of hydrogen-bond donors (Lipinski definition) is 3. The van der Waals surface area contributed by atoms with Crippen LogP contribution in [-0.2, 0) is 14.4 Å². The topological polar surface area (TPSA) is 133 Å². The van der Waals surface area contributed by atoms with Crippen molar-refractivity contribution in [3.63, 3.8) is 0 Å². The molecule has 2 saturated heterocycles. The number of hydrogen-bond acceptors (Lipinski definition) is 7. The number of carboxylic acid groups (broad SMARTS) is 1. The molecular formula is C18H20N2O7S. The molecule has 3 atom stereocenters. The van der Waals surface area contributed by atoms with Gasteiger partial charge in [-0.1, -0.05) is 0 Å². The van der Waals surface area contributed by atoms with Crippen molar-refractivity contribution in [3.8, 4) is 11.5 Å². The molecule has 2 aliphatic heterocycles. The third-order valence-electron chi connectivity index (χ3n) is 5.09. The van der Waals surface area contributed by atoms with E-state index in [0.717, 1.165) is 16.7 Å². The highest BCUT2D eigenvalue weighted by Crippen LogP contribution is 2.55. The van der Waals surface area contributed by atoms with Crippen LogP contribution in [0.2, 0.25) is 0 Å². The number of carbonyl (C=O) groups is 4. The van der Waals surface area contributed by atoms with Crippen LogP contribution in [0.4, 0.5) is 0 Å². The number of carboxylic acids is 1. The van der Waals surface area contributed by atoms with Gasteiger partial charge in [0.05, 0.1) is 7.11 Å². The van der Waals surface area contributed by atoms with E-state index in [9.17, 15) is 29.4 Å². The molecule has 10 heteroatoms. The molecule has 150 valence electrons. The second kappa shape index (κ2) is 6.40. The van der Waals surface area contributed by atoms with Crippen LogP contribution < -0.4 is 10.1 Å². The lowest BCUT2D eigenvalue weighted by atomic mass is 9.81. The molecule has 1 aromatic carbocycles. The number of Topliss-reactive ketones (excluding diaryl/α,β-unsaturated/α-hetero) is 1. The molecule has 2 heterocycles. The van der Waals surface area contributed by atoms with Crippen LogP contribution in [0.25, 0.3) is 0 Å². The number of fused-ring (bicyclic) bond motifs is 1. The van der Waals surface area contributed by atoms with E-state index < -0.39 is 45.3 Å². The average molecular weight is 408 g/mol. The van der Waals surface area contributed by atoms with Crippen LogP contribution in [0.5, 0.6) is 11.5 Å². The van der Waals surface area contributed by atoms with E-state index in [1.165, 1.54) is 32.2 Å². The van der Waals surface area contributed by atoms with Crippen LogP contribution >= 0.6 is 11.8 Å². The van der Waals surface area contributed by atoms with E-state index in [2.05, 4.69) is 5.32 Å². The predicted molar refractivity (Wildman–Crippen MR) is 99.3 cm³/mol. The third-order valence-corrected chi connectivity index (χ3v) is 6.72. The zero-order valence-corrected chi connectivity index (χ0v) is 16.5. The first kappa shape index (κ1) is 20.0. The average Bonchev–Trinajstić information content (AvgIpc) is 2.88. The molecule has 3 rings (SSSR count). The normalized spacial score (nSPS) is 27.6. The van der Waals surface area contributed by atoms with Gasteiger partial charge in [0.2, 0.25) is 5.54 Å². The summed E-state index contributed by atoms with van der Waals surface area (Å²) in [7, 11) is 1.32. The van der Waals surface area contributed by atoms with Crippen molar-refractivity contribution >= 4 is 35.3 Å². The summed E-state index contributed by atoms with van der Waals surface area (Å²) >= 11 is 1.16. The van der Waals surface area contributed by atoms with Crippen LogP contribution in [-0.4, -0.2) is 67.5 Å². The molecule has 0 bridgehead atoms. The lowest BCUT2D eigenvalue weighted by molar-refractivity contribution is -0.170. The number of ketones is 1. The van der Waals surface area contributed by atoms with Crippen LogP contribution in [0.1, 0.15) is 31.1 Å². The summed E-state index contributed by atoms with van der Waals surface area (Å²) in [6.45, 7) is 4.55. The minimum atomic E-state index is -1.84. The van der Waals surface area contributed by atoms with E-state index in [1.54, 1.807) is 13.8 Å². The minimum absolute atomic E-state index is 0.0633. The van der Waals surface area contributed by atoms with Gasteiger partial charge in [0.15, 0.2) is 17.3 Å². The molecule has 0 aliphatic carbocycles. The zero-order valence-electron chi connectivity index (χ0n) is 15.7. The molecule has 2 amide bonds. The first-order valence-corrected chi connectivity index (χ1v) is 9.29. The van der Waals surface area contributed by atoms with E-state index in [-0.39, 0.29) is 17.1 Å². The Bertz CT molecular complexity index is 900. The summed E-state index contributed by atoms with van der Waals surface area (Å²) in [6.07, 6.45) is 0. The number of nitrogens with one attached hydrogen (secondary N) is 1. The maximum absolute atomic E-state index is 12.9. The number of phenolic OH excluding ortho intramolecular Hbond substituents is 1. The number of rotatable bonds is 5. The number of β-lactam (4-membered cyclic amide) rings is 1. The van der Waals surface area contributed by atoms with Gasteiger partial charge in [0.25, 0.3) is 11.8 Å². The van der Waals surface area contributed by atoms with Crippen molar-refractivity contribution in [2.75, 3.05) is 7.11 Å². The third kappa shape index (κ3) is 2.62. The fourth-order valence-electron chi connectivity index (χ4n) is 3.66. The number of carbonyl (C=O) groups excluding carboxylic acids is 3. The van der Waals surface area contributed by atoms with Gasteiger partial charge in [0, 0.05) is 10.3 Å². The molecule has 0 saturated carbocycles. The van der Waals surface area contributed by atoms with Gasteiger partial charge in [0.1, 0.15) is 11.4 Å². The number of aliphatic carboxylic acids is 1. The number of thioether (sulfide) groups is 1. The van der Waals surface area contributed by atoms with Crippen molar-refractivity contribution in [2.24, 2.45) is 0 Å². The highest BCUT2D eigenvalue weighted by Gasteiger charge is 2.74. The van der Waals surface area contributed by atoms with E-state index in [1.807, 2.05) is 0 Å². The maximum atomic E-state index is 12.9. The second-order valence-electron chi connectivity index (χ2n) is 7.23. The Labute approximate surface area is 165 Å². The number of phenols is 1. The number of benzene rings is 1. The van der Waals surface area contributed by atoms with Gasteiger partial charge >= 0.3 is 5.97 Å². The molecule has 2 fully saturated rings. The summed E-state index contributed by atoms with van der Waals surface area (Å²) in [5.74, 6) is -3.29. The quantitative estimate of drug-likeness (QED) is 0.477. The largest absolute Gasteiger partial charge is 0.504 e. The molecule has 1 aromatic rings. The molecule has 0 unspecified atom stereocenters. The number of amides is 2. The standard InChI is InChI=1S/C18H20N2O7S/c1-8(21)18(19-13(23)9-5-6-10(22)11(7-9)27-4)15(26)20-12(14(24)25)17(2,3)28-16(18)20/h5-7,12,16,22H,1-4H3,(H,19,23)(H,24,25)/t12-,16+,18-/m0/s1. The smallest absolute Gasteiger partial charge is 0.327 e. The van der Waals surface area contributed by atoms with E-state index >= 15 is 0 Å². The number of aromatic hydroxyl groups is 1. The molecule has 0 aromatic heterocycles. The van der Waals surface area contributed by atoms with Gasteiger partial charge < -0.3 is 25.2 Å². The highest BCUT2D eigenvalue weighted by molar-refractivity contribution is 8.01. The first-order valence-electron chi connectivity index (χ1n) is 8.41. The Balaban J connectivity index is 1.95. The maximum Gasteiger partial charge on any atom is 0.327 e. The SMILES string of the molecule is COc1cc(C(=O)N[C@@]2(C(C)=O)C(=O)N3[C@@H](C(=O)O)C(C)(C)S[C@@H]32)ccc1O. The number of ether oxygens (including phenoxy) is 1. The van der Waals surface area contributed by atoms with Crippen molar-refractivity contribution in [3.05, 3.63) is 23.8 Å². The molecule has 2 aliphatic rings. The fourth-order valence-corrected chi connectivity index (χ4v) is 5.41. The van der Waals surface area contributed by atoms with Gasteiger partial charge in [-0.3, -0.25) is 14.4 Å². The second-order valence-corrected chi connectivity index (χ2v) is 8.97. The van der Waals surface area contributed by atoms with Crippen molar-refractivity contribution in [2.45, 2.75) is 42.5 Å². The lowest BCUT2D eigenvalue weighted by Gasteiger charge is -2.51. The summed E-state index contributed by atoms with van der Waals surface area (Å²) in [4.78, 5) is 50.9. The fraction of sp³-hybridized carbons (Fsp3) is 0.444. The Kier molecular flexibility index (Phi) is 4.57. The Morgan fingerprint density at radius 3 is 2.46 bits per heavy atom. The van der Waals surface area contributed by atoms with Gasteiger partial charge in [-0.15, -0.1) is 11.8 Å². The lowest BCUT2D eigenvalue weighted by Crippen LogP contribution is -2.82. The van der Waals surface area contributed by atoms with E-state index in [4.69, 9.17) is 4.74 Å². The van der Waals surface area contributed by atoms with Crippen molar-refractivity contribution in [1.29, 1.82) is 0 Å². The zero-order chi connectivity index (χ0) is 21.0.